The minimum absolute atomic E-state index is 0.0580. The van der Waals surface area contributed by atoms with Crippen LogP contribution in [0.5, 0.6) is 23.0 Å². The second-order valence-electron chi connectivity index (χ2n) is 7.77. The third-order valence-corrected chi connectivity index (χ3v) is 7.12. The predicted molar refractivity (Wildman–Crippen MR) is 134 cm³/mol. The Bertz CT molecular complexity index is 1390. The van der Waals surface area contributed by atoms with Gasteiger partial charge in [-0.05, 0) is 55.0 Å². The van der Waals surface area contributed by atoms with Crippen molar-refractivity contribution in [3.63, 3.8) is 0 Å². The Balaban J connectivity index is 1.57. The van der Waals surface area contributed by atoms with Gasteiger partial charge in [0.05, 0.1) is 31.0 Å². The highest BCUT2D eigenvalue weighted by Crippen LogP contribution is 2.33. The summed E-state index contributed by atoms with van der Waals surface area (Å²) in [7, 11) is -1.28. The van der Waals surface area contributed by atoms with E-state index in [0.717, 1.165) is 9.87 Å². The number of nitrogens with zero attached hydrogens (tertiary/aromatic N) is 2. The van der Waals surface area contributed by atoms with Gasteiger partial charge in [-0.25, -0.2) is 13.8 Å². The third-order valence-electron chi connectivity index (χ3n) is 5.35. The monoisotopic (exact) mass is 511 g/mol. The maximum absolute atomic E-state index is 13.6. The average molecular weight is 512 g/mol. The zero-order valence-corrected chi connectivity index (χ0v) is 20.7. The average Bonchev–Trinajstić information content (AvgIpc) is 3.35. The van der Waals surface area contributed by atoms with Gasteiger partial charge in [-0.2, -0.15) is 5.10 Å². The van der Waals surface area contributed by atoms with Crippen molar-refractivity contribution in [3.05, 3.63) is 71.8 Å². The summed E-state index contributed by atoms with van der Waals surface area (Å²) in [5.41, 5.74) is 4.33. The Morgan fingerprint density at radius 2 is 1.72 bits per heavy atom. The molecule has 36 heavy (non-hydrogen) atoms. The number of fused-ring (bicyclic) bond motifs is 1. The molecule has 0 fully saturated rings. The molecule has 11 heteroatoms. The van der Waals surface area contributed by atoms with E-state index < -0.39 is 22.5 Å². The first kappa shape index (κ1) is 24.9. The molecule has 10 nitrogen and oxygen atoms in total. The first-order valence-corrected chi connectivity index (χ1v) is 12.3. The number of carbonyl (C=O) groups is 1. The number of sulfonamides is 1. The first-order chi connectivity index (χ1) is 17.3. The normalized spacial score (nSPS) is 12.4. The molecule has 1 aliphatic heterocycles. The van der Waals surface area contributed by atoms with E-state index in [2.05, 4.69) is 10.5 Å². The molecule has 0 unspecified atom stereocenters. The van der Waals surface area contributed by atoms with E-state index >= 15 is 0 Å². The largest absolute Gasteiger partial charge is 0.493 e. The molecule has 1 amide bonds. The topological polar surface area (TPSA) is 116 Å². The van der Waals surface area contributed by atoms with E-state index in [4.69, 9.17) is 18.9 Å². The van der Waals surface area contributed by atoms with Gasteiger partial charge in [0.15, 0.2) is 23.0 Å². The number of anilines is 1. The molecule has 0 radical (unpaired) electrons. The maximum Gasteiger partial charge on any atom is 0.264 e. The molecule has 0 aromatic heterocycles. The Morgan fingerprint density at radius 1 is 1.00 bits per heavy atom. The van der Waals surface area contributed by atoms with E-state index in [9.17, 15) is 13.2 Å². The first-order valence-electron chi connectivity index (χ1n) is 10.8. The Kier molecular flexibility index (Phi) is 7.30. The minimum Gasteiger partial charge on any atom is -0.493 e. The smallest absolute Gasteiger partial charge is 0.264 e. The fraction of sp³-hybridized carbons (Fsp3) is 0.200. The molecule has 0 aliphatic carbocycles. The van der Waals surface area contributed by atoms with Crippen molar-refractivity contribution in [2.24, 2.45) is 5.10 Å². The fourth-order valence-electron chi connectivity index (χ4n) is 3.47. The van der Waals surface area contributed by atoms with Gasteiger partial charge in [0.2, 0.25) is 6.79 Å². The van der Waals surface area contributed by atoms with Crippen LogP contribution in [0.4, 0.5) is 5.69 Å². The van der Waals surface area contributed by atoms with Gasteiger partial charge in [-0.1, -0.05) is 17.7 Å². The van der Waals surface area contributed by atoms with Crippen LogP contribution in [0.3, 0.4) is 0 Å². The molecule has 3 aromatic rings. The van der Waals surface area contributed by atoms with Gasteiger partial charge >= 0.3 is 0 Å². The van der Waals surface area contributed by atoms with Crippen molar-refractivity contribution in [1.82, 2.24) is 5.43 Å². The van der Waals surface area contributed by atoms with E-state index in [-0.39, 0.29) is 17.4 Å². The molecular formula is C25H25N3O7S. The number of amides is 1. The summed E-state index contributed by atoms with van der Waals surface area (Å²) in [5.74, 6) is 1.22. The number of carbonyl (C=O) groups excluding carboxylic acids is 1. The minimum atomic E-state index is -4.15. The standard InChI is InChI=1S/C25H25N3O7S/c1-17-4-7-19(8-5-17)28(36(30,31)20-9-11-21(32-2)23(13-20)33-3)15-25(29)27-26-14-18-6-10-22-24(12-18)35-16-34-22/h4-14H,15-16H2,1-3H3,(H,27,29)/b26-14+. The second-order valence-corrected chi connectivity index (χ2v) is 9.63. The molecule has 1 aliphatic rings. The molecule has 1 N–H and O–H groups in total. The number of nitrogens with one attached hydrogen (secondary N) is 1. The summed E-state index contributed by atoms with van der Waals surface area (Å²) >= 11 is 0. The van der Waals surface area contributed by atoms with Crippen molar-refractivity contribution in [2.75, 3.05) is 31.9 Å². The van der Waals surface area contributed by atoms with Crippen LogP contribution in [0.2, 0.25) is 0 Å². The van der Waals surface area contributed by atoms with Crippen LogP contribution in [0.1, 0.15) is 11.1 Å². The van der Waals surface area contributed by atoms with Crippen LogP contribution in [-0.2, 0) is 14.8 Å². The van der Waals surface area contributed by atoms with Crippen LogP contribution < -0.4 is 28.7 Å². The molecule has 0 bridgehead atoms. The number of ether oxygens (including phenoxy) is 4. The molecule has 0 spiro atoms. The fourth-order valence-corrected chi connectivity index (χ4v) is 4.91. The van der Waals surface area contributed by atoms with Crippen LogP contribution in [-0.4, -0.2) is 48.1 Å². The van der Waals surface area contributed by atoms with E-state index in [1.54, 1.807) is 42.5 Å². The Labute approximate surface area is 209 Å². The van der Waals surface area contributed by atoms with Crippen molar-refractivity contribution >= 4 is 27.8 Å². The van der Waals surface area contributed by atoms with Gasteiger partial charge in [0, 0.05) is 6.07 Å². The summed E-state index contributed by atoms with van der Waals surface area (Å²) in [6.07, 6.45) is 1.43. The summed E-state index contributed by atoms with van der Waals surface area (Å²) in [6, 6.07) is 16.3. The van der Waals surface area contributed by atoms with Crippen molar-refractivity contribution in [1.29, 1.82) is 0 Å². The highest BCUT2D eigenvalue weighted by molar-refractivity contribution is 7.92. The molecular weight excluding hydrogens is 486 g/mol. The van der Waals surface area contributed by atoms with Gasteiger partial charge in [-0.15, -0.1) is 0 Å². The predicted octanol–water partition coefficient (Wildman–Crippen LogP) is 3.09. The summed E-state index contributed by atoms with van der Waals surface area (Å²) in [6.45, 7) is 1.53. The molecule has 4 rings (SSSR count). The van der Waals surface area contributed by atoms with Crippen LogP contribution in [0.25, 0.3) is 0 Å². The number of hydrogen-bond donors (Lipinski definition) is 1. The van der Waals surface area contributed by atoms with E-state index in [0.29, 0.717) is 28.5 Å². The molecule has 0 saturated carbocycles. The van der Waals surface area contributed by atoms with Crippen molar-refractivity contribution < 1.29 is 32.2 Å². The molecule has 0 atom stereocenters. The number of rotatable bonds is 9. The highest BCUT2D eigenvalue weighted by Gasteiger charge is 2.28. The molecule has 1 heterocycles. The number of hydrazone groups is 1. The molecule has 0 saturated heterocycles. The summed E-state index contributed by atoms with van der Waals surface area (Å²) in [4.78, 5) is 12.7. The number of benzene rings is 3. The van der Waals surface area contributed by atoms with Crippen molar-refractivity contribution in [2.45, 2.75) is 11.8 Å². The zero-order valence-electron chi connectivity index (χ0n) is 19.9. The number of hydrogen-bond acceptors (Lipinski definition) is 8. The number of aryl methyl sites for hydroxylation is 1. The van der Waals surface area contributed by atoms with E-state index in [1.165, 1.54) is 38.6 Å². The zero-order chi connectivity index (χ0) is 25.7. The van der Waals surface area contributed by atoms with Crippen LogP contribution in [0, 0.1) is 6.92 Å². The molecule has 188 valence electrons. The van der Waals surface area contributed by atoms with E-state index in [1.807, 2.05) is 6.92 Å². The lowest BCUT2D eigenvalue weighted by Gasteiger charge is -2.24. The highest BCUT2D eigenvalue weighted by atomic mass is 32.2. The lowest BCUT2D eigenvalue weighted by Crippen LogP contribution is -2.39. The summed E-state index contributed by atoms with van der Waals surface area (Å²) in [5, 5.41) is 3.95. The number of methoxy groups -OCH3 is 2. The maximum atomic E-state index is 13.6. The Morgan fingerprint density at radius 3 is 2.44 bits per heavy atom. The third kappa shape index (κ3) is 5.36. The van der Waals surface area contributed by atoms with Gasteiger partial charge in [0.25, 0.3) is 15.9 Å². The quantitative estimate of drug-likeness (QED) is 0.347. The Hall–Kier alpha value is -4.25. The lowest BCUT2D eigenvalue weighted by molar-refractivity contribution is -0.119. The van der Waals surface area contributed by atoms with Gasteiger partial charge in [-0.3, -0.25) is 9.10 Å². The van der Waals surface area contributed by atoms with Gasteiger partial charge in [0.1, 0.15) is 6.54 Å². The summed E-state index contributed by atoms with van der Waals surface area (Å²) < 4.78 is 49.3. The van der Waals surface area contributed by atoms with Crippen LogP contribution >= 0.6 is 0 Å². The lowest BCUT2D eigenvalue weighted by atomic mass is 10.2. The molecule has 3 aromatic carbocycles. The van der Waals surface area contributed by atoms with Crippen molar-refractivity contribution in [3.8, 4) is 23.0 Å². The van der Waals surface area contributed by atoms with Crippen LogP contribution in [0.15, 0.2) is 70.7 Å². The van der Waals surface area contributed by atoms with Gasteiger partial charge < -0.3 is 18.9 Å². The SMILES string of the molecule is COc1ccc(S(=O)(=O)N(CC(=O)N/N=C/c2ccc3c(c2)OCO3)c2ccc(C)cc2)cc1OC. The second kappa shape index (κ2) is 10.6.